The van der Waals surface area contributed by atoms with Gasteiger partial charge in [0.05, 0.1) is 61.2 Å². The number of hydrogen-bond acceptors (Lipinski definition) is 9. The second-order valence-corrected chi connectivity index (χ2v) is 15.1. The monoisotopic (exact) mass is 775 g/mol. The van der Waals surface area contributed by atoms with Crippen LogP contribution in [-0.2, 0) is 25.5 Å². The lowest BCUT2D eigenvalue weighted by molar-refractivity contribution is -0.136. The van der Waals surface area contributed by atoms with Crippen LogP contribution in [0.4, 0.5) is 9.59 Å². The number of rotatable bonds is 10. The number of nitriles is 1. The average molecular weight is 776 g/mol. The molecule has 0 aliphatic carbocycles. The van der Waals surface area contributed by atoms with E-state index in [4.69, 9.17) is 19.4 Å². The summed E-state index contributed by atoms with van der Waals surface area (Å²) >= 11 is 0. The number of nitrogens with zero attached hydrogens (tertiary/aromatic N) is 5. The van der Waals surface area contributed by atoms with Crippen molar-refractivity contribution in [3.05, 3.63) is 70.9 Å². The smallest absolute Gasteiger partial charge is 0.407 e. The molecule has 4 heterocycles. The van der Waals surface area contributed by atoms with Crippen molar-refractivity contribution in [2.75, 3.05) is 27.3 Å². The molecule has 2 saturated heterocycles. The van der Waals surface area contributed by atoms with Gasteiger partial charge in [-0.3, -0.25) is 9.59 Å². The first-order chi connectivity index (χ1) is 27.4. The zero-order valence-electron chi connectivity index (χ0n) is 33.1. The van der Waals surface area contributed by atoms with Crippen molar-refractivity contribution in [1.82, 2.24) is 40.4 Å². The van der Waals surface area contributed by atoms with Gasteiger partial charge in [0.25, 0.3) is 0 Å². The highest BCUT2D eigenvalue weighted by Gasteiger charge is 2.39. The number of nitrogens with one attached hydrogen (secondary N) is 4. The third-order valence-electron chi connectivity index (χ3n) is 10.5. The lowest BCUT2D eigenvalue weighted by Crippen LogP contribution is -2.51. The third-order valence-corrected chi connectivity index (χ3v) is 10.5. The molecule has 6 rings (SSSR count). The molecule has 0 saturated carbocycles. The number of alkyl carbamates (subject to hydrolysis) is 2. The molecule has 2 fully saturated rings. The number of fused-ring (bicyclic) bond motifs is 1. The van der Waals surface area contributed by atoms with Crippen molar-refractivity contribution in [2.45, 2.75) is 84.0 Å². The van der Waals surface area contributed by atoms with Crippen LogP contribution in [-0.4, -0.2) is 93.1 Å². The maximum Gasteiger partial charge on any atom is 0.407 e. The highest BCUT2D eigenvalue weighted by atomic mass is 16.5. The number of benzene rings is 2. The normalized spacial score (nSPS) is 17.5. The number of H-pyrrole nitrogens is 2. The Balaban J connectivity index is 1.17. The Morgan fingerprint density at radius 2 is 1.32 bits per heavy atom. The van der Waals surface area contributed by atoms with Gasteiger partial charge in [-0.15, -0.1) is 0 Å². The molecule has 15 nitrogen and oxygen atoms in total. The van der Waals surface area contributed by atoms with Gasteiger partial charge in [-0.25, -0.2) is 19.6 Å². The Morgan fingerprint density at radius 3 is 1.84 bits per heavy atom. The van der Waals surface area contributed by atoms with Crippen molar-refractivity contribution >= 4 is 35.0 Å². The SMILES string of the molecule is COC(=O)N[C@H](C(=O)N1CCC[C@H]1c1nc(-c2ccc(C#Cc3ccc4nc([C@@H]5CCCN5C(=O)[C@@H](NC(=O)OC)C(C)C)[nH]c4c3)cc2)c(CC#N)[nH]1)C(C)C. The summed E-state index contributed by atoms with van der Waals surface area (Å²) in [5, 5.41) is 15.0. The van der Waals surface area contributed by atoms with Crippen molar-refractivity contribution in [3.63, 3.8) is 0 Å². The summed E-state index contributed by atoms with van der Waals surface area (Å²) < 4.78 is 9.51. The van der Waals surface area contributed by atoms with Crippen molar-refractivity contribution in [1.29, 1.82) is 5.26 Å². The molecule has 4 amide bonds. The summed E-state index contributed by atoms with van der Waals surface area (Å²) in [4.78, 5) is 71.2. The lowest BCUT2D eigenvalue weighted by atomic mass is 10.0. The number of methoxy groups -OCH3 is 2. The molecule has 4 aromatic rings. The van der Waals surface area contributed by atoms with E-state index in [1.54, 1.807) is 9.80 Å². The van der Waals surface area contributed by atoms with Gasteiger partial charge < -0.3 is 39.9 Å². The van der Waals surface area contributed by atoms with E-state index in [0.717, 1.165) is 47.0 Å². The fourth-order valence-electron chi connectivity index (χ4n) is 7.54. The third kappa shape index (κ3) is 8.88. The number of amides is 4. The molecular formula is C42H49N9O6. The Bertz CT molecular complexity index is 2220. The number of likely N-dealkylation sites (tertiary alicyclic amines) is 2. The summed E-state index contributed by atoms with van der Waals surface area (Å²) in [6, 6.07) is 13.6. The van der Waals surface area contributed by atoms with Gasteiger partial charge in [0.2, 0.25) is 11.8 Å². The number of carbonyl (C=O) groups excluding carboxylic acids is 4. The first-order valence-electron chi connectivity index (χ1n) is 19.3. The van der Waals surface area contributed by atoms with Gasteiger partial charge in [0, 0.05) is 29.8 Å². The van der Waals surface area contributed by atoms with Crippen LogP contribution in [0.25, 0.3) is 22.3 Å². The topological polar surface area (TPSA) is 198 Å². The van der Waals surface area contributed by atoms with Gasteiger partial charge in [0.1, 0.15) is 23.7 Å². The van der Waals surface area contributed by atoms with Crippen LogP contribution in [0.2, 0.25) is 0 Å². The van der Waals surface area contributed by atoms with E-state index >= 15 is 0 Å². The Kier molecular flexibility index (Phi) is 12.5. The largest absolute Gasteiger partial charge is 0.453 e. The molecule has 0 spiro atoms. The van der Waals surface area contributed by atoms with Gasteiger partial charge >= 0.3 is 12.2 Å². The van der Waals surface area contributed by atoms with Crippen molar-refractivity contribution in [3.8, 4) is 29.2 Å². The van der Waals surface area contributed by atoms with Crippen LogP contribution in [0, 0.1) is 35.0 Å². The highest BCUT2D eigenvalue weighted by molar-refractivity contribution is 5.87. The second-order valence-electron chi connectivity index (χ2n) is 15.1. The minimum absolute atomic E-state index is 0.112. The van der Waals surface area contributed by atoms with E-state index in [1.807, 2.05) is 70.2 Å². The van der Waals surface area contributed by atoms with Crippen LogP contribution in [0.5, 0.6) is 0 Å². The molecule has 4 atom stereocenters. The number of hydrogen-bond donors (Lipinski definition) is 4. The first kappa shape index (κ1) is 40.3. The summed E-state index contributed by atoms with van der Waals surface area (Å²) in [6.45, 7) is 8.61. The second kappa shape index (κ2) is 17.6. The number of carbonyl (C=O) groups is 4. The van der Waals surface area contributed by atoms with E-state index in [1.165, 1.54) is 14.2 Å². The minimum atomic E-state index is -0.749. The Labute approximate surface area is 331 Å². The minimum Gasteiger partial charge on any atom is -0.453 e. The molecule has 0 bridgehead atoms. The molecular weight excluding hydrogens is 727 g/mol. The number of ether oxygens (including phenoxy) is 2. The standard InChI is InChI=1S/C42H49N9O6/c1-24(2)34(48-41(54)56-5)39(52)50-21-7-9-32(50)37-44-29-18-15-27(23-31(29)46-37)12-11-26-13-16-28(17-14-26)36-30(19-20-43)45-38(47-36)33-10-8-22-51(33)40(53)35(25(3)4)49-42(55)57-6/h13-18,23-25,32-35H,7-10,19,21-22H2,1-6H3,(H,44,46)(H,45,47)(H,48,54)(H,49,55)/t32-,33-,34-,35-/m0/s1. The van der Waals surface area contributed by atoms with Crippen LogP contribution < -0.4 is 10.6 Å². The molecule has 2 aliphatic rings. The van der Waals surface area contributed by atoms with E-state index < -0.39 is 24.3 Å². The van der Waals surface area contributed by atoms with E-state index in [2.05, 4.69) is 38.5 Å². The van der Waals surface area contributed by atoms with Crippen LogP contribution in [0.3, 0.4) is 0 Å². The average Bonchev–Trinajstić information content (AvgIpc) is 4.03. The van der Waals surface area contributed by atoms with Gasteiger partial charge in [-0.05, 0) is 67.9 Å². The Morgan fingerprint density at radius 1 is 0.789 bits per heavy atom. The van der Waals surface area contributed by atoms with E-state index in [-0.39, 0.29) is 42.2 Å². The first-order valence-corrected chi connectivity index (χ1v) is 19.3. The molecule has 2 aliphatic heterocycles. The predicted molar refractivity (Wildman–Crippen MR) is 211 cm³/mol. The van der Waals surface area contributed by atoms with E-state index in [0.29, 0.717) is 42.5 Å². The lowest BCUT2D eigenvalue weighted by Gasteiger charge is -2.30. The zero-order valence-corrected chi connectivity index (χ0v) is 33.1. The van der Waals surface area contributed by atoms with Crippen molar-refractivity contribution < 1.29 is 28.7 Å². The summed E-state index contributed by atoms with van der Waals surface area (Å²) in [5.74, 6) is 7.12. The number of imidazole rings is 2. The van der Waals surface area contributed by atoms with Crippen LogP contribution in [0.1, 0.15) is 93.9 Å². The molecule has 298 valence electrons. The Hall–Kier alpha value is -6.35. The molecule has 2 aromatic carbocycles. The predicted octanol–water partition coefficient (Wildman–Crippen LogP) is 5.51. The highest BCUT2D eigenvalue weighted by Crippen LogP contribution is 2.35. The maximum absolute atomic E-state index is 13.7. The quantitative estimate of drug-likeness (QED) is 0.150. The summed E-state index contributed by atoms with van der Waals surface area (Å²) in [7, 11) is 2.55. The van der Waals surface area contributed by atoms with Crippen molar-refractivity contribution in [2.24, 2.45) is 11.8 Å². The van der Waals surface area contributed by atoms with Gasteiger partial charge in [0.15, 0.2) is 0 Å². The maximum atomic E-state index is 13.7. The molecule has 0 unspecified atom stereocenters. The summed E-state index contributed by atoms with van der Waals surface area (Å²) in [5.41, 5.74) is 5.25. The van der Waals surface area contributed by atoms with Gasteiger partial charge in [-0.2, -0.15) is 5.26 Å². The van der Waals surface area contributed by atoms with E-state index in [9.17, 15) is 24.4 Å². The fraction of sp³-hybridized carbons (Fsp3) is 0.452. The molecule has 4 N–H and O–H groups in total. The fourth-order valence-corrected chi connectivity index (χ4v) is 7.54. The molecule has 0 radical (unpaired) electrons. The molecule has 2 aromatic heterocycles. The number of aromatic nitrogens is 4. The number of aromatic amines is 2. The molecule has 57 heavy (non-hydrogen) atoms. The molecule has 15 heteroatoms. The van der Waals surface area contributed by atoms with Gasteiger partial charge in [-0.1, -0.05) is 51.7 Å². The summed E-state index contributed by atoms with van der Waals surface area (Å²) in [6.07, 6.45) is 1.86. The zero-order chi connectivity index (χ0) is 40.8. The van der Waals surface area contributed by atoms with Crippen LogP contribution in [0.15, 0.2) is 42.5 Å². The van der Waals surface area contributed by atoms with Crippen LogP contribution >= 0.6 is 0 Å².